The van der Waals surface area contributed by atoms with E-state index >= 15 is 0 Å². The predicted molar refractivity (Wildman–Crippen MR) is 164 cm³/mol. The largest absolute Gasteiger partial charge is 0.486 e. The molecule has 2 aliphatic heterocycles. The fourth-order valence-electron chi connectivity index (χ4n) is 6.34. The molecule has 49 heavy (non-hydrogen) atoms. The lowest BCUT2D eigenvalue weighted by Gasteiger charge is -2.44. The Morgan fingerprint density at radius 1 is 0.918 bits per heavy atom. The SMILES string of the molecule is CC(=O)OCC[C@@H]1O[C@H](OCc2cn(CC3C4=C(OC3(C)C)c3ccccc3C(=O)C4O)nn2)[C@@H](OC(C)=O)[C@H](OC(C)=O)[C@H]1OC(C)=O. The number of carbonyl (C=O) groups excluding carboxylic acids is 5. The second-order valence-electron chi connectivity index (χ2n) is 12.5. The highest BCUT2D eigenvalue weighted by Crippen LogP contribution is 2.49. The zero-order chi connectivity index (χ0) is 35.6. The van der Waals surface area contributed by atoms with Crippen LogP contribution in [-0.2, 0) is 65.5 Å². The van der Waals surface area contributed by atoms with Crippen molar-refractivity contribution in [3.05, 3.63) is 52.9 Å². The topological polar surface area (TPSA) is 201 Å². The molecule has 0 saturated carbocycles. The van der Waals surface area contributed by atoms with Gasteiger partial charge in [0, 0.05) is 56.7 Å². The molecule has 5 rings (SSSR count). The van der Waals surface area contributed by atoms with E-state index in [1.165, 1.54) is 11.6 Å². The second-order valence-corrected chi connectivity index (χ2v) is 12.5. The zero-order valence-corrected chi connectivity index (χ0v) is 27.9. The molecule has 3 heterocycles. The summed E-state index contributed by atoms with van der Waals surface area (Å²) in [6, 6.07) is 6.98. The van der Waals surface area contributed by atoms with Crippen LogP contribution in [0.3, 0.4) is 0 Å². The molecule has 264 valence electrons. The smallest absolute Gasteiger partial charge is 0.303 e. The van der Waals surface area contributed by atoms with Gasteiger partial charge in [0.25, 0.3) is 0 Å². The van der Waals surface area contributed by atoms with E-state index in [1.54, 1.807) is 30.5 Å². The van der Waals surface area contributed by atoms with Gasteiger partial charge in [-0.05, 0) is 13.8 Å². The summed E-state index contributed by atoms with van der Waals surface area (Å²) < 4.78 is 41.4. The maximum Gasteiger partial charge on any atom is 0.303 e. The van der Waals surface area contributed by atoms with Gasteiger partial charge in [-0.1, -0.05) is 29.5 Å². The molecule has 1 aromatic carbocycles. The average Bonchev–Trinajstić information content (AvgIpc) is 3.58. The number of Topliss-reactive ketones (excluding diaryl/α,β-unsaturated/α-hetero) is 1. The number of nitrogens with zero attached hydrogens (tertiary/aromatic N) is 3. The molecule has 1 aromatic heterocycles. The number of rotatable bonds is 11. The Morgan fingerprint density at radius 2 is 1.55 bits per heavy atom. The fourth-order valence-corrected chi connectivity index (χ4v) is 6.34. The molecule has 0 radical (unpaired) electrons. The number of aliphatic hydroxyl groups is 1. The molecule has 16 heteroatoms. The molecule has 0 bridgehead atoms. The van der Waals surface area contributed by atoms with Crippen LogP contribution >= 0.6 is 0 Å². The maximum atomic E-state index is 13.1. The summed E-state index contributed by atoms with van der Waals surface area (Å²) in [5, 5.41) is 19.5. The van der Waals surface area contributed by atoms with Crippen LogP contribution in [0.15, 0.2) is 36.0 Å². The average molecular weight is 686 g/mol. The highest BCUT2D eigenvalue weighted by molar-refractivity contribution is 6.08. The zero-order valence-electron chi connectivity index (χ0n) is 27.9. The van der Waals surface area contributed by atoms with Crippen molar-refractivity contribution in [2.24, 2.45) is 5.92 Å². The van der Waals surface area contributed by atoms with Crippen LogP contribution in [0, 0.1) is 5.92 Å². The molecule has 3 aliphatic rings. The number of carbonyl (C=O) groups is 5. The monoisotopic (exact) mass is 685 g/mol. The first-order chi connectivity index (χ1) is 23.2. The maximum absolute atomic E-state index is 13.1. The van der Waals surface area contributed by atoms with E-state index in [4.69, 9.17) is 33.2 Å². The molecular weight excluding hydrogens is 646 g/mol. The molecule has 1 fully saturated rings. The van der Waals surface area contributed by atoms with Crippen molar-refractivity contribution in [2.45, 2.75) is 104 Å². The van der Waals surface area contributed by atoms with Gasteiger partial charge in [-0.3, -0.25) is 28.7 Å². The van der Waals surface area contributed by atoms with E-state index in [0.717, 1.165) is 20.8 Å². The molecule has 1 aliphatic carbocycles. The molecule has 2 aromatic rings. The van der Waals surface area contributed by atoms with E-state index in [1.807, 2.05) is 13.8 Å². The summed E-state index contributed by atoms with van der Waals surface area (Å²) in [6.45, 7) is 8.29. The molecular formula is C33H39N3O13. The Bertz CT molecular complexity index is 1650. The molecule has 1 saturated heterocycles. The van der Waals surface area contributed by atoms with Gasteiger partial charge in [0.05, 0.1) is 26.0 Å². The molecule has 16 nitrogen and oxygen atoms in total. The number of esters is 4. The Morgan fingerprint density at radius 3 is 2.20 bits per heavy atom. The summed E-state index contributed by atoms with van der Waals surface area (Å²) in [7, 11) is 0. The fraction of sp³-hybridized carbons (Fsp3) is 0.545. The van der Waals surface area contributed by atoms with Gasteiger partial charge in [-0.15, -0.1) is 5.10 Å². The van der Waals surface area contributed by atoms with Crippen LogP contribution in [0.1, 0.15) is 69.6 Å². The minimum Gasteiger partial charge on any atom is -0.486 e. The summed E-state index contributed by atoms with van der Waals surface area (Å²) in [5.41, 5.74) is 1.03. The van der Waals surface area contributed by atoms with Gasteiger partial charge < -0.3 is 38.3 Å². The van der Waals surface area contributed by atoms with Gasteiger partial charge in [0.15, 0.2) is 30.4 Å². The van der Waals surface area contributed by atoms with Crippen molar-refractivity contribution in [1.82, 2.24) is 15.0 Å². The molecule has 0 spiro atoms. The number of aromatic nitrogens is 3. The van der Waals surface area contributed by atoms with Gasteiger partial charge in [-0.25, -0.2) is 0 Å². The van der Waals surface area contributed by atoms with Crippen molar-refractivity contribution < 1.29 is 62.2 Å². The molecule has 7 atom stereocenters. The third kappa shape index (κ3) is 7.81. The Hall–Kier alpha value is -4.67. The molecule has 0 amide bonds. The highest BCUT2D eigenvalue weighted by atomic mass is 16.7. The molecule has 1 N–H and O–H groups in total. The Kier molecular flexibility index (Phi) is 10.5. The lowest BCUT2D eigenvalue weighted by Crippen LogP contribution is -2.62. The normalized spacial score (nSPS) is 27.0. The quantitative estimate of drug-likeness (QED) is 0.264. The first-order valence-electron chi connectivity index (χ1n) is 15.7. The van der Waals surface area contributed by atoms with Crippen LogP contribution in [0.4, 0.5) is 0 Å². The van der Waals surface area contributed by atoms with Crippen LogP contribution in [0.5, 0.6) is 0 Å². The second kappa shape index (κ2) is 14.4. The first kappa shape index (κ1) is 35.6. The summed E-state index contributed by atoms with van der Waals surface area (Å²) in [4.78, 5) is 60.7. The lowest BCUT2D eigenvalue weighted by molar-refractivity contribution is -0.308. The predicted octanol–water partition coefficient (Wildman–Crippen LogP) is 1.66. The van der Waals surface area contributed by atoms with Crippen LogP contribution < -0.4 is 0 Å². The number of fused-ring (bicyclic) bond motifs is 2. The van der Waals surface area contributed by atoms with Crippen LogP contribution in [0.2, 0.25) is 0 Å². The van der Waals surface area contributed by atoms with Crippen LogP contribution in [-0.4, -0.2) is 98.8 Å². The minimum absolute atomic E-state index is 0.0219. The van der Waals surface area contributed by atoms with E-state index in [0.29, 0.717) is 28.2 Å². The van der Waals surface area contributed by atoms with Crippen molar-refractivity contribution in [2.75, 3.05) is 6.61 Å². The standard InChI is InChI=1S/C33H39N3O13/c1-16(37)43-12-11-24-29(45-17(2)38)30(46-18(3)39)31(47-19(4)40)32(48-24)44-15-20-13-36(35-34-20)14-23-25-27(42)26(41)21-9-7-8-10-22(21)28(25)49-33(23,5)6/h7-10,13,23-24,27,29-32,42H,11-12,14-15H2,1-6H3/t23?,24-,27?,29-,30+,31-,32-/m0/s1. The Balaban J connectivity index is 1.35. The Labute approximate surface area is 281 Å². The van der Waals surface area contributed by atoms with E-state index in [-0.39, 0.29) is 26.2 Å². The minimum atomic E-state index is -1.38. The van der Waals surface area contributed by atoms with Gasteiger partial charge >= 0.3 is 23.9 Å². The van der Waals surface area contributed by atoms with Gasteiger partial charge in [0.2, 0.25) is 0 Å². The van der Waals surface area contributed by atoms with Crippen LogP contribution in [0.25, 0.3) is 5.76 Å². The number of hydrogen-bond acceptors (Lipinski definition) is 15. The van der Waals surface area contributed by atoms with E-state index < -0.39 is 78.0 Å². The lowest BCUT2D eigenvalue weighted by atomic mass is 9.78. The van der Waals surface area contributed by atoms with Gasteiger partial charge in [-0.2, -0.15) is 0 Å². The van der Waals surface area contributed by atoms with Crippen molar-refractivity contribution in [3.63, 3.8) is 0 Å². The summed E-state index contributed by atoms with van der Waals surface area (Å²) in [6.07, 6.45) is -6.01. The van der Waals surface area contributed by atoms with E-state index in [2.05, 4.69) is 10.3 Å². The van der Waals surface area contributed by atoms with Crippen molar-refractivity contribution in [3.8, 4) is 0 Å². The number of hydrogen-bond donors (Lipinski definition) is 1. The van der Waals surface area contributed by atoms with Crippen molar-refractivity contribution in [1.29, 1.82) is 0 Å². The summed E-state index contributed by atoms with van der Waals surface area (Å²) in [5.74, 6) is -3.12. The number of aliphatic hydroxyl groups excluding tert-OH is 1. The first-order valence-corrected chi connectivity index (χ1v) is 15.7. The third-order valence-electron chi connectivity index (χ3n) is 8.38. The highest BCUT2D eigenvalue weighted by Gasteiger charge is 2.53. The van der Waals surface area contributed by atoms with Crippen molar-refractivity contribution >= 4 is 35.4 Å². The number of ether oxygens (including phenoxy) is 7. The molecule has 2 unspecified atom stereocenters. The van der Waals surface area contributed by atoms with Gasteiger partial charge in [0.1, 0.15) is 29.3 Å². The summed E-state index contributed by atoms with van der Waals surface area (Å²) >= 11 is 0. The number of ketones is 1. The third-order valence-corrected chi connectivity index (χ3v) is 8.38. The number of benzene rings is 1. The van der Waals surface area contributed by atoms with E-state index in [9.17, 15) is 29.1 Å².